The van der Waals surface area contributed by atoms with Gasteiger partial charge < -0.3 is 18.6 Å². The number of thiocarbonyl (C=S) groups is 1. The smallest absolute Gasteiger partial charge is 0.266 e. The second-order valence-corrected chi connectivity index (χ2v) is 14.3. The number of carbonyl (C=O) groups excluding carboxylic acids is 1. The predicted molar refractivity (Wildman–Crippen MR) is 169 cm³/mol. The number of aryl methyl sites for hydroxylation is 1. The predicted octanol–water partition coefficient (Wildman–Crippen LogP) is 6.25. The molecule has 3 heterocycles. The Morgan fingerprint density at radius 3 is 2.29 bits per heavy atom. The first-order valence-electron chi connectivity index (χ1n) is 15.4. The van der Waals surface area contributed by atoms with Gasteiger partial charge in [-0.1, -0.05) is 24.0 Å². The van der Waals surface area contributed by atoms with Crippen LogP contribution in [0.5, 0.6) is 11.5 Å². The summed E-state index contributed by atoms with van der Waals surface area (Å²) in [5.74, 6) is 5.83. The van der Waals surface area contributed by atoms with E-state index in [1.54, 1.807) is 14.2 Å². The van der Waals surface area contributed by atoms with Crippen molar-refractivity contribution in [3.05, 3.63) is 40.5 Å². The van der Waals surface area contributed by atoms with E-state index in [2.05, 4.69) is 11.0 Å². The van der Waals surface area contributed by atoms with Crippen molar-refractivity contribution in [2.45, 2.75) is 51.0 Å². The normalized spacial score (nSPS) is 30.1. The van der Waals surface area contributed by atoms with Crippen molar-refractivity contribution in [2.24, 2.45) is 23.7 Å². The highest BCUT2D eigenvalue weighted by molar-refractivity contribution is 8.26. The second kappa shape index (κ2) is 12.0. The van der Waals surface area contributed by atoms with Gasteiger partial charge in [-0.15, -0.1) is 0 Å². The van der Waals surface area contributed by atoms with Gasteiger partial charge in [0.1, 0.15) is 27.3 Å². The van der Waals surface area contributed by atoms with Crippen LogP contribution in [0, 0.1) is 23.7 Å². The first-order chi connectivity index (χ1) is 20.5. The van der Waals surface area contributed by atoms with Crippen molar-refractivity contribution in [1.29, 1.82) is 0 Å². The van der Waals surface area contributed by atoms with Gasteiger partial charge >= 0.3 is 0 Å². The van der Waals surface area contributed by atoms with Gasteiger partial charge in [-0.25, -0.2) is 0 Å². The Morgan fingerprint density at radius 2 is 1.64 bits per heavy atom. The molecule has 0 spiro atoms. The van der Waals surface area contributed by atoms with Crippen LogP contribution in [-0.2, 0) is 16.0 Å². The SMILES string of the molecule is COc1cc(OC)cc(-c2cc(CCCN3CCOCC3)c(/C=C3\SC(=S)N(C4C5CC6CC(C5)CC4C6)C3=O)o2)c1. The summed E-state index contributed by atoms with van der Waals surface area (Å²) in [6.45, 7) is 4.54. The van der Waals surface area contributed by atoms with E-state index in [1.807, 2.05) is 29.2 Å². The molecule has 8 rings (SSSR count). The molecule has 6 aliphatic rings. The number of hydrogen-bond acceptors (Lipinski definition) is 8. The van der Waals surface area contributed by atoms with Crippen molar-refractivity contribution in [3.8, 4) is 22.8 Å². The van der Waals surface area contributed by atoms with Crippen LogP contribution in [0.4, 0.5) is 0 Å². The van der Waals surface area contributed by atoms with Crippen LogP contribution >= 0.6 is 24.0 Å². The molecule has 4 saturated carbocycles. The molecular weight excluding hydrogens is 569 g/mol. The summed E-state index contributed by atoms with van der Waals surface area (Å²) in [5.41, 5.74) is 1.97. The number of amides is 1. The van der Waals surface area contributed by atoms with Crippen molar-refractivity contribution in [1.82, 2.24) is 9.80 Å². The van der Waals surface area contributed by atoms with E-state index in [-0.39, 0.29) is 11.9 Å². The van der Waals surface area contributed by atoms with Crippen LogP contribution in [0.15, 0.2) is 33.6 Å². The molecule has 224 valence electrons. The quantitative estimate of drug-likeness (QED) is 0.244. The molecule has 2 saturated heterocycles. The Balaban J connectivity index is 1.17. The molecule has 1 aromatic carbocycles. The Hall–Kier alpha value is -2.33. The van der Waals surface area contributed by atoms with Gasteiger partial charge in [0, 0.05) is 36.8 Å². The van der Waals surface area contributed by atoms with E-state index in [0.717, 1.165) is 80.2 Å². The fourth-order valence-corrected chi connectivity index (χ4v) is 9.66. The first-order valence-corrected chi connectivity index (χ1v) is 16.6. The van der Waals surface area contributed by atoms with Crippen LogP contribution in [0.1, 0.15) is 49.8 Å². The highest BCUT2D eigenvalue weighted by Gasteiger charge is 2.53. The lowest BCUT2D eigenvalue weighted by Gasteiger charge is -2.56. The molecule has 0 N–H and O–H groups in total. The summed E-state index contributed by atoms with van der Waals surface area (Å²) in [6, 6.07) is 8.13. The molecule has 42 heavy (non-hydrogen) atoms. The van der Waals surface area contributed by atoms with Gasteiger partial charge in [-0.2, -0.15) is 0 Å². The Morgan fingerprint density at radius 1 is 0.976 bits per heavy atom. The number of benzene rings is 1. The van der Waals surface area contributed by atoms with Gasteiger partial charge in [0.15, 0.2) is 0 Å². The minimum atomic E-state index is 0.0581. The van der Waals surface area contributed by atoms with E-state index >= 15 is 0 Å². The van der Waals surface area contributed by atoms with E-state index in [9.17, 15) is 4.79 Å². The fourth-order valence-electron chi connectivity index (χ4n) is 8.34. The Labute approximate surface area is 257 Å². The molecule has 1 aromatic heterocycles. The molecule has 0 radical (unpaired) electrons. The Kier molecular flexibility index (Phi) is 8.11. The zero-order valence-corrected chi connectivity index (χ0v) is 26.1. The number of rotatable bonds is 9. The summed E-state index contributed by atoms with van der Waals surface area (Å²) < 4.78 is 23.8. The molecule has 1 amide bonds. The average Bonchev–Trinajstić information content (AvgIpc) is 3.52. The topological polar surface area (TPSA) is 64.4 Å². The number of morpholine rings is 1. The van der Waals surface area contributed by atoms with Crippen LogP contribution in [0.25, 0.3) is 17.4 Å². The molecule has 6 fully saturated rings. The third kappa shape index (κ3) is 5.53. The number of ether oxygens (including phenoxy) is 3. The lowest BCUT2D eigenvalue weighted by atomic mass is 9.54. The molecule has 4 bridgehead atoms. The van der Waals surface area contributed by atoms with Crippen LogP contribution in [0.3, 0.4) is 0 Å². The number of thioether (sulfide) groups is 1. The third-order valence-electron chi connectivity index (χ3n) is 10.1. The van der Waals surface area contributed by atoms with E-state index < -0.39 is 0 Å². The van der Waals surface area contributed by atoms with E-state index in [4.69, 9.17) is 30.8 Å². The largest absolute Gasteiger partial charge is 0.497 e. The standard InChI is InChI=1S/C33H40N2O5S2/c1-37-26-15-23(16-27(18-26)38-2)28-17-22(4-3-5-34-6-8-39-9-7-34)29(40-28)19-30-32(36)35(33(41)42-30)31-24-11-20-10-21(13-24)14-25(31)12-20/h15-21,24-25,31H,3-14H2,1-2H3/b30-19-. The molecule has 0 atom stereocenters. The zero-order valence-electron chi connectivity index (χ0n) is 24.5. The lowest BCUT2D eigenvalue weighted by Crippen LogP contribution is -2.57. The third-order valence-corrected chi connectivity index (χ3v) is 11.4. The summed E-state index contributed by atoms with van der Waals surface area (Å²) in [6.07, 6.45) is 10.2. The highest BCUT2D eigenvalue weighted by atomic mass is 32.2. The van der Waals surface area contributed by atoms with Crippen molar-refractivity contribution in [2.75, 3.05) is 47.1 Å². The average molecular weight is 609 g/mol. The molecule has 2 aromatic rings. The number of hydrogen-bond donors (Lipinski definition) is 0. The number of furan rings is 1. The van der Waals surface area contributed by atoms with Crippen molar-refractivity contribution >= 4 is 40.3 Å². The van der Waals surface area contributed by atoms with Gasteiger partial charge in [-0.05, 0) is 98.9 Å². The van der Waals surface area contributed by atoms with Crippen molar-refractivity contribution < 1.29 is 23.4 Å². The lowest BCUT2D eigenvalue weighted by molar-refractivity contribution is -0.130. The summed E-state index contributed by atoms with van der Waals surface area (Å²) >= 11 is 7.32. The fraction of sp³-hybridized carbons (Fsp3) is 0.576. The van der Waals surface area contributed by atoms with Crippen LogP contribution in [0.2, 0.25) is 0 Å². The summed E-state index contributed by atoms with van der Waals surface area (Å²) in [4.78, 5) is 19.1. The monoisotopic (exact) mass is 608 g/mol. The van der Waals surface area contributed by atoms with Crippen LogP contribution < -0.4 is 9.47 Å². The minimum Gasteiger partial charge on any atom is -0.497 e. The van der Waals surface area contributed by atoms with E-state index in [1.165, 1.54) is 43.9 Å². The highest BCUT2D eigenvalue weighted by Crippen LogP contribution is 2.56. The van der Waals surface area contributed by atoms with Crippen LogP contribution in [-0.4, -0.2) is 73.1 Å². The van der Waals surface area contributed by atoms with Gasteiger partial charge in [0.05, 0.1) is 32.3 Å². The number of nitrogens with zero attached hydrogens (tertiary/aromatic N) is 2. The van der Waals surface area contributed by atoms with E-state index in [0.29, 0.717) is 32.6 Å². The first kappa shape index (κ1) is 28.4. The summed E-state index contributed by atoms with van der Waals surface area (Å²) in [7, 11) is 3.30. The molecule has 4 aliphatic carbocycles. The van der Waals surface area contributed by atoms with Gasteiger partial charge in [0.25, 0.3) is 5.91 Å². The maximum atomic E-state index is 14.0. The zero-order chi connectivity index (χ0) is 28.8. The number of methoxy groups -OCH3 is 2. The maximum absolute atomic E-state index is 14.0. The molecular formula is C33H40N2O5S2. The maximum Gasteiger partial charge on any atom is 0.266 e. The van der Waals surface area contributed by atoms with Gasteiger partial charge in [-0.3, -0.25) is 14.6 Å². The summed E-state index contributed by atoms with van der Waals surface area (Å²) in [5, 5.41) is 0. The molecule has 9 heteroatoms. The molecule has 0 unspecified atom stereocenters. The minimum absolute atomic E-state index is 0.0581. The Bertz CT molecular complexity index is 1330. The van der Waals surface area contributed by atoms with Crippen molar-refractivity contribution in [3.63, 3.8) is 0 Å². The molecule has 7 nitrogen and oxygen atoms in total. The second-order valence-electron chi connectivity index (χ2n) is 12.6. The molecule has 2 aliphatic heterocycles. The van der Waals surface area contributed by atoms with Gasteiger partial charge in [0.2, 0.25) is 0 Å². The number of carbonyl (C=O) groups is 1.